The molecule has 1 aromatic carbocycles. The van der Waals surface area contributed by atoms with Gasteiger partial charge in [-0.25, -0.2) is 4.39 Å². The van der Waals surface area contributed by atoms with Crippen LogP contribution in [0.25, 0.3) is 0 Å². The number of rotatable bonds is 5. The molecule has 1 aromatic rings. The summed E-state index contributed by atoms with van der Waals surface area (Å²) < 4.78 is 14.0. The van der Waals surface area contributed by atoms with Crippen molar-refractivity contribution in [2.45, 2.75) is 39.2 Å². The Hall–Kier alpha value is -0.410. The molecule has 0 aliphatic heterocycles. The van der Waals surface area contributed by atoms with E-state index in [1.165, 1.54) is 18.6 Å². The van der Waals surface area contributed by atoms with Gasteiger partial charge in [-0.2, -0.15) is 0 Å². The van der Waals surface area contributed by atoms with Gasteiger partial charge in [0.25, 0.3) is 0 Å². The first-order valence-corrected chi connectivity index (χ1v) is 6.50. The average molecular weight is 288 g/mol. The Bertz CT molecular complexity index is 339. The van der Waals surface area contributed by atoms with Crippen LogP contribution in [0.3, 0.4) is 0 Å². The monoisotopic (exact) mass is 287 g/mol. The first-order valence-electron chi connectivity index (χ1n) is 5.71. The van der Waals surface area contributed by atoms with Gasteiger partial charge in [-0.1, -0.05) is 42.6 Å². The van der Waals surface area contributed by atoms with Gasteiger partial charge in [0, 0.05) is 10.5 Å². The lowest BCUT2D eigenvalue weighted by Crippen LogP contribution is -2.11. The van der Waals surface area contributed by atoms with Crippen molar-refractivity contribution in [2.24, 2.45) is 11.7 Å². The third kappa shape index (κ3) is 4.22. The molecule has 0 spiro atoms. The molecule has 0 saturated heterocycles. The molecule has 0 aliphatic carbocycles. The van der Waals surface area contributed by atoms with E-state index >= 15 is 0 Å². The van der Waals surface area contributed by atoms with E-state index in [4.69, 9.17) is 5.73 Å². The van der Waals surface area contributed by atoms with Gasteiger partial charge in [0.05, 0.1) is 0 Å². The van der Waals surface area contributed by atoms with Crippen molar-refractivity contribution >= 4 is 15.9 Å². The molecule has 0 aliphatic rings. The highest BCUT2D eigenvalue weighted by Gasteiger charge is 2.11. The first-order chi connectivity index (χ1) is 7.50. The Balaban J connectivity index is 2.58. The Morgan fingerprint density at radius 3 is 2.62 bits per heavy atom. The van der Waals surface area contributed by atoms with Gasteiger partial charge in [-0.3, -0.25) is 0 Å². The van der Waals surface area contributed by atoms with E-state index in [1.54, 1.807) is 6.07 Å². The van der Waals surface area contributed by atoms with Crippen LogP contribution in [-0.4, -0.2) is 0 Å². The van der Waals surface area contributed by atoms with Crippen molar-refractivity contribution in [2.75, 3.05) is 0 Å². The van der Waals surface area contributed by atoms with Crippen molar-refractivity contribution in [3.05, 3.63) is 34.1 Å². The van der Waals surface area contributed by atoms with Crippen molar-refractivity contribution < 1.29 is 4.39 Å². The Labute approximate surface area is 105 Å². The maximum atomic E-state index is 13.1. The fourth-order valence-corrected chi connectivity index (χ4v) is 2.24. The summed E-state index contributed by atoms with van der Waals surface area (Å²) in [5.41, 5.74) is 6.92. The molecule has 1 rings (SSSR count). The Morgan fingerprint density at radius 1 is 1.31 bits per heavy atom. The van der Waals surface area contributed by atoms with Gasteiger partial charge in [0.1, 0.15) is 5.82 Å². The predicted octanol–water partition coefficient (Wildman–Crippen LogP) is 4.41. The van der Waals surface area contributed by atoms with Crippen LogP contribution < -0.4 is 5.73 Å². The van der Waals surface area contributed by atoms with Gasteiger partial charge >= 0.3 is 0 Å². The Kier molecular flexibility index (Phi) is 5.42. The standard InChI is InChI=1S/C13H19BrFN/c1-9(2)4-3-5-13(16)11-8-10(15)6-7-12(11)14/h6-9,13H,3-5,16H2,1-2H3. The molecular weight excluding hydrogens is 269 g/mol. The molecule has 90 valence electrons. The van der Waals surface area contributed by atoms with Crippen LogP contribution in [0.4, 0.5) is 4.39 Å². The molecular formula is C13H19BrFN. The maximum Gasteiger partial charge on any atom is 0.123 e. The SMILES string of the molecule is CC(C)CCCC(N)c1cc(F)ccc1Br. The van der Waals surface area contributed by atoms with Gasteiger partial charge in [0.2, 0.25) is 0 Å². The second-order valence-corrected chi connectivity index (χ2v) is 5.45. The smallest absolute Gasteiger partial charge is 0.123 e. The largest absolute Gasteiger partial charge is 0.324 e. The molecule has 1 unspecified atom stereocenters. The predicted molar refractivity (Wildman–Crippen MR) is 69.7 cm³/mol. The topological polar surface area (TPSA) is 26.0 Å². The van der Waals surface area contributed by atoms with E-state index in [0.29, 0.717) is 5.92 Å². The van der Waals surface area contributed by atoms with E-state index in [-0.39, 0.29) is 11.9 Å². The molecule has 16 heavy (non-hydrogen) atoms. The lowest BCUT2D eigenvalue weighted by Gasteiger charge is -2.14. The van der Waals surface area contributed by atoms with E-state index in [0.717, 1.165) is 22.9 Å². The third-order valence-electron chi connectivity index (χ3n) is 2.65. The summed E-state index contributed by atoms with van der Waals surface area (Å²) >= 11 is 3.41. The molecule has 0 radical (unpaired) electrons. The highest BCUT2D eigenvalue weighted by atomic mass is 79.9. The van der Waals surface area contributed by atoms with Crippen molar-refractivity contribution in [1.82, 2.24) is 0 Å². The van der Waals surface area contributed by atoms with Gasteiger partial charge < -0.3 is 5.73 Å². The number of nitrogens with two attached hydrogens (primary N) is 1. The third-order valence-corrected chi connectivity index (χ3v) is 3.38. The number of hydrogen-bond acceptors (Lipinski definition) is 1. The highest BCUT2D eigenvalue weighted by molar-refractivity contribution is 9.10. The molecule has 0 aromatic heterocycles. The van der Waals surface area contributed by atoms with Gasteiger partial charge in [0.15, 0.2) is 0 Å². The molecule has 0 fully saturated rings. The molecule has 0 saturated carbocycles. The Morgan fingerprint density at radius 2 is 2.00 bits per heavy atom. The second kappa shape index (κ2) is 6.36. The van der Waals surface area contributed by atoms with E-state index < -0.39 is 0 Å². The number of hydrogen-bond donors (Lipinski definition) is 1. The van der Waals surface area contributed by atoms with Crippen LogP contribution in [0, 0.1) is 11.7 Å². The number of benzene rings is 1. The lowest BCUT2D eigenvalue weighted by molar-refractivity contribution is 0.503. The minimum Gasteiger partial charge on any atom is -0.324 e. The first kappa shape index (κ1) is 13.7. The molecule has 2 N–H and O–H groups in total. The molecule has 0 bridgehead atoms. The van der Waals surface area contributed by atoms with Crippen molar-refractivity contribution in [1.29, 1.82) is 0 Å². The van der Waals surface area contributed by atoms with E-state index in [1.807, 2.05) is 0 Å². The summed E-state index contributed by atoms with van der Waals surface area (Å²) in [7, 11) is 0. The molecule has 3 heteroatoms. The molecule has 1 nitrogen and oxygen atoms in total. The van der Waals surface area contributed by atoms with Crippen LogP contribution in [-0.2, 0) is 0 Å². The number of halogens is 2. The zero-order valence-corrected chi connectivity index (χ0v) is 11.4. The average Bonchev–Trinajstić information content (AvgIpc) is 2.21. The lowest BCUT2D eigenvalue weighted by atomic mass is 9.99. The molecule has 0 heterocycles. The van der Waals surface area contributed by atoms with Crippen molar-refractivity contribution in [3.8, 4) is 0 Å². The van der Waals surface area contributed by atoms with Crippen LogP contribution >= 0.6 is 15.9 Å². The van der Waals surface area contributed by atoms with E-state index in [2.05, 4.69) is 29.8 Å². The van der Waals surface area contributed by atoms with Crippen LogP contribution in [0.1, 0.15) is 44.7 Å². The molecule has 1 atom stereocenters. The minimum absolute atomic E-state index is 0.0798. The fourth-order valence-electron chi connectivity index (χ4n) is 1.70. The zero-order chi connectivity index (χ0) is 12.1. The maximum absolute atomic E-state index is 13.1. The normalized spacial score (nSPS) is 13.1. The summed E-state index contributed by atoms with van der Waals surface area (Å²) in [5, 5.41) is 0. The zero-order valence-electron chi connectivity index (χ0n) is 9.84. The minimum atomic E-state index is -0.225. The summed E-state index contributed by atoms with van der Waals surface area (Å²) in [4.78, 5) is 0. The van der Waals surface area contributed by atoms with Gasteiger partial charge in [-0.05, 0) is 36.1 Å². The fraction of sp³-hybridized carbons (Fsp3) is 0.538. The highest BCUT2D eigenvalue weighted by Crippen LogP contribution is 2.26. The quantitative estimate of drug-likeness (QED) is 0.853. The van der Waals surface area contributed by atoms with E-state index in [9.17, 15) is 4.39 Å². The summed E-state index contributed by atoms with van der Waals surface area (Å²) in [6.45, 7) is 4.40. The molecule has 0 amide bonds. The van der Waals surface area contributed by atoms with Crippen LogP contribution in [0.5, 0.6) is 0 Å². The summed E-state index contributed by atoms with van der Waals surface area (Å²) in [5.74, 6) is 0.473. The summed E-state index contributed by atoms with van der Waals surface area (Å²) in [6.07, 6.45) is 3.16. The van der Waals surface area contributed by atoms with Crippen LogP contribution in [0.15, 0.2) is 22.7 Å². The van der Waals surface area contributed by atoms with Crippen molar-refractivity contribution in [3.63, 3.8) is 0 Å². The summed E-state index contributed by atoms with van der Waals surface area (Å²) in [6, 6.07) is 4.59. The van der Waals surface area contributed by atoms with Gasteiger partial charge in [-0.15, -0.1) is 0 Å². The second-order valence-electron chi connectivity index (χ2n) is 4.60. The van der Waals surface area contributed by atoms with Crippen LogP contribution in [0.2, 0.25) is 0 Å².